The predicted molar refractivity (Wildman–Crippen MR) is 191 cm³/mol. The Kier molecular flexibility index (Phi) is 16.0. The summed E-state index contributed by atoms with van der Waals surface area (Å²) in [6.07, 6.45) is -9.62. The van der Waals surface area contributed by atoms with Crippen LogP contribution in [-0.4, -0.2) is 97.5 Å². The molecule has 1 saturated heterocycles. The maximum Gasteiger partial charge on any atom is 0.407 e. The van der Waals surface area contributed by atoms with Crippen molar-refractivity contribution >= 4 is 6.09 Å². The van der Waals surface area contributed by atoms with Gasteiger partial charge in [0.05, 0.1) is 50.7 Å². The Morgan fingerprint density at radius 1 is 0.833 bits per heavy atom. The highest BCUT2D eigenvalue weighted by molar-refractivity contribution is 5.68. The number of amides is 1. The SMILES string of the molecule is CC(C)(C)OC(=O)N[C@@H]1CC(N=[N+]=[N-])C(O[C@@H]2OC(CN=[N+]=[N-])[C@H](OCc3ccccc3)[C@H](OCc3ccccc3)C2N=[N+]=[N-])[C@H](O)C1OCCN=[N+]=[N-]. The van der Waals surface area contributed by atoms with Crippen molar-refractivity contribution < 1.29 is 38.3 Å². The highest BCUT2D eigenvalue weighted by Gasteiger charge is 2.52. The summed E-state index contributed by atoms with van der Waals surface area (Å²) >= 11 is 0. The van der Waals surface area contributed by atoms with Crippen molar-refractivity contribution in [2.24, 2.45) is 20.5 Å². The first-order chi connectivity index (χ1) is 26.1. The van der Waals surface area contributed by atoms with E-state index in [0.29, 0.717) is 0 Å². The first-order valence-electron chi connectivity index (χ1n) is 17.1. The average Bonchev–Trinajstić information content (AvgIpc) is 3.14. The van der Waals surface area contributed by atoms with Crippen LogP contribution < -0.4 is 5.32 Å². The summed E-state index contributed by atoms with van der Waals surface area (Å²) in [5.74, 6) is 0. The number of aliphatic hydroxyl groups is 1. The van der Waals surface area contributed by atoms with E-state index in [1.807, 2.05) is 60.7 Å². The molecule has 0 radical (unpaired) electrons. The van der Waals surface area contributed by atoms with Crippen molar-refractivity contribution in [1.29, 1.82) is 0 Å². The number of benzene rings is 2. The summed E-state index contributed by atoms with van der Waals surface area (Å²) in [5, 5.41) is 29.6. The van der Waals surface area contributed by atoms with Gasteiger partial charge in [0.1, 0.15) is 36.1 Å². The minimum atomic E-state index is -1.61. The van der Waals surface area contributed by atoms with Crippen LogP contribution >= 0.6 is 0 Å². The van der Waals surface area contributed by atoms with Crippen molar-refractivity contribution in [2.75, 3.05) is 19.7 Å². The second kappa shape index (κ2) is 20.8. The Morgan fingerprint density at radius 3 is 2.02 bits per heavy atom. The quantitative estimate of drug-likeness (QED) is 0.0799. The standard InChI is InChI=1S/C33H43N13O8/c1-33(2,3)54-32(48)40-22-16-23(41-45-36)28(26(47)27(22)49-15-14-38-43-34)53-31-25(42-46-37)30(51-19-21-12-8-5-9-13-21)29(24(52-31)17-39-44-35)50-18-20-10-6-4-7-11-20/h4-13,22-31,47H,14-19H2,1-3H3,(H,40,48)/t22-,23?,24?,25?,26-,27?,28?,29+,30-,31+/m1/s1. The fraction of sp³-hybridized carbons (Fsp3) is 0.606. The summed E-state index contributed by atoms with van der Waals surface area (Å²) in [5.41, 5.74) is 38.1. The number of carbonyl (C=O) groups excluding carboxylic acids is 1. The molecular weight excluding hydrogens is 706 g/mol. The number of carbonyl (C=O) groups is 1. The van der Waals surface area contributed by atoms with Gasteiger partial charge in [-0.15, -0.1) is 0 Å². The summed E-state index contributed by atoms with van der Waals surface area (Å²) in [6.45, 7) is 4.70. The zero-order valence-electron chi connectivity index (χ0n) is 30.0. The first-order valence-corrected chi connectivity index (χ1v) is 17.1. The molecule has 2 fully saturated rings. The van der Waals surface area contributed by atoms with E-state index in [0.717, 1.165) is 11.1 Å². The second-order valence-electron chi connectivity index (χ2n) is 13.3. The van der Waals surface area contributed by atoms with Crippen molar-refractivity contribution in [2.45, 2.75) is 107 Å². The molecule has 1 amide bonds. The van der Waals surface area contributed by atoms with Gasteiger partial charge in [0.2, 0.25) is 0 Å². The Bertz CT molecular complexity index is 1690. The molecular formula is C33H43N13O8. The van der Waals surface area contributed by atoms with Crippen LogP contribution in [0.4, 0.5) is 4.79 Å². The average molecular weight is 750 g/mol. The molecule has 1 aliphatic carbocycles. The highest BCUT2D eigenvalue weighted by Crippen LogP contribution is 2.35. The summed E-state index contributed by atoms with van der Waals surface area (Å²) in [4.78, 5) is 24.4. The van der Waals surface area contributed by atoms with Crippen LogP contribution in [0.25, 0.3) is 41.8 Å². The van der Waals surface area contributed by atoms with Gasteiger partial charge < -0.3 is 38.8 Å². The number of nitrogens with zero attached hydrogens (tertiary/aromatic N) is 12. The maximum atomic E-state index is 12.8. The Hall–Kier alpha value is -5.29. The number of ether oxygens (including phenoxy) is 6. The van der Waals surface area contributed by atoms with E-state index in [4.69, 9.17) is 34.0 Å². The summed E-state index contributed by atoms with van der Waals surface area (Å²) < 4.78 is 36.8. The minimum absolute atomic E-state index is 0.0572. The molecule has 2 N–H and O–H groups in total. The topological polar surface area (TPSA) is 300 Å². The van der Waals surface area contributed by atoms with E-state index in [1.165, 1.54) is 0 Å². The number of nitrogens with one attached hydrogen (secondary N) is 1. The molecule has 2 aromatic carbocycles. The zero-order chi connectivity index (χ0) is 38.9. The molecule has 54 heavy (non-hydrogen) atoms. The van der Waals surface area contributed by atoms with E-state index in [2.05, 4.69) is 45.4 Å². The van der Waals surface area contributed by atoms with E-state index in [9.17, 15) is 26.5 Å². The Labute approximate surface area is 310 Å². The molecule has 2 aromatic rings. The van der Waals surface area contributed by atoms with Crippen LogP contribution in [0.15, 0.2) is 81.1 Å². The molecule has 2 aliphatic rings. The lowest BCUT2D eigenvalue weighted by atomic mass is 9.83. The van der Waals surface area contributed by atoms with Gasteiger partial charge in [-0.1, -0.05) is 81.1 Å². The van der Waals surface area contributed by atoms with E-state index in [-0.39, 0.29) is 39.3 Å². The van der Waals surface area contributed by atoms with Crippen LogP contribution in [0.2, 0.25) is 0 Å². The van der Waals surface area contributed by atoms with Gasteiger partial charge in [-0.05, 0) is 60.4 Å². The molecule has 1 saturated carbocycles. The van der Waals surface area contributed by atoms with Gasteiger partial charge in [-0.3, -0.25) is 0 Å². The van der Waals surface area contributed by atoms with E-state index in [1.54, 1.807) is 20.8 Å². The van der Waals surface area contributed by atoms with Gasteiger partial charge in [0.25, 0.3) is 0 Å². The van der Waals surface area contributed by atoms with Crippen LogP contribution in [0.1, 0.15) is 38.3 Å². The van der Waals surface area contributed by atoms with E-state index < -0.39 is 72.7 Å². The van der Waals surface area contributed by atoms with Crippen molar-refractivity contribution in [3.63, 3.8) is 0 Å². The first kappa shape index (κ1) is 41.5. The number of aliphatic hydroxyl groups excluding tert-OH is 1. The Morgan fingerprint density at radius 2 is 1.44 bits per heavy atom. The van der Waals surface area contributed by atoms with Gasteiger partial charge >= 0.3 is 6.09 Å². The van der Waals surface area contributed by atoms with Crippen LogP contribution in [0.5, 0.6) is 0 Å². The third-order valence-corrected chi connectivity index (χ3v) is 8.40. The number of hydrogen-bond acceptors (Lipinski definition) is 12. The monoisotopic (exact) mass is 749 g/mol. The number of alkyl carbamates (subject to hydrolysis) is 1. The minimum Gasteiger partial charge on any atom is -0.444 e. The number of rotatable bonds is 17. The molecule has 4 rings (SSSR count). The van der Waals surface area contributed by atoms with Crippen molar-refractivity contribution in [3.05, 3.63) is 114 Å². The molecule has 288 valence electrons. The Balaban J connectivity index is 1.70. The molecule has 10 atom stereocenters. The van der Waals surface area contributed by atoms with Gasteiger partial charge in [0.15, 0.2) is 6.29 Å². The molecule has 0 spiro atoms. The van der Waals surface area contributed by atoms with Gasteiger partial charge in [-0.25, -0.2) is 4.79 Å². The molecule has 1 heterocycles. The molecule has 21 heteroatoms. The maximum absolute atomic E-state index is 12.8. The van der Waals surface area contributed by atoms with Gasteiger partial charge in [-0.2, -0.15) is 0 Å². The fourth-order valence-corrected chi connectivity index (χ4v) is 6.15. The largest absolute Gasteiger partial charge is 0.444 e. The van der Waals surface area contributed by atoms with Crippen LogP contribution in [-0.2, 0) is 41.6 Å². The lowest BCUT2D eigenvalue weighted by molar-refractivity contribution is -0.301. The fourth-order valence-electron chi connectivity index (χ4n) is 6.15. The number of hydrogen-bond donors (Lipinski definition) is 2. The molecule has 0 bridgehead atoms. The predicted octanol–water partition coefficient (Wildman–Crippen LogP) is 6.29. The highest BCUT2D eigenvalue weighted by atomic mass is 16.7. The summed E-state index contributed by atoms with van der Waals surface area (Å²) in [6, 6.07) is 15.1. The molecule has 5 unspecified atom stereocenters. The van der Waals surface area contributed by atoms with Crippen molar-refractivity contribution in [1.82, 2.24) is 5.32 Å². The lowest BCUT2D eigenvalue weighted by Crippen LogP contribution is -2.65. The lowest BCUT2D eigenvalue weighted by Gasteiger charge is -2.48. The normalized spacial score (nSPS) is 27.9. The van der Waals surface area contributed by atoms with E-state index >= 15 is 0 Å². The molecule has 21 nitrogen and oxygen atoms in total. The summed E-state index contributed by atoms with van der Waals surface area (Å²) in [7, 11) is 0. The molecule has 0 aromatic heterocycles. The molecule has 1 aliphatic heterocycles. The van der Waals surface area contributed by atoms with Crippen LogP contribution in [0.3, 0.4) is 0 Å². The van der Waals surface area contributed by atoms with Crippen LogP contribution in [0, 0.1) is 0 Å². The zero-order valence-corrected chi connectivity index (χ0v) is 30.0. The number of azide groups is 4. The van der Waals surface area contributed by atoms with Crippen molar-refractivity contribution in [3.8, 4) is 0 Å². The second-order valence-corrected chi connectivity index (χ2v) is 13.3. The third-order valence-electron chi connectivity index (χ3n) is 8.40. The smallest absolute Gasteiger partial charge is 0.407 e. The third kappa shape index (κ3) is 12.1. The van der Waals surface area contributed by atoms with Gasteiger partial charge in [0, 0.05) is 26.2 Å².